The highest BCUT2D eigenvalue weighted by Crippen LogP contribution is 2.19. The maximum Gasteiger partial charge on any atom is 0.123 e. The van der Waals surface area contributed by atoms with Crippen molar-refractivity contribution in [3.05, 3.63) is 29.3 Å². The molecule has 0 radical (unpaired) electrons. The van der Waals surface area contributed by atoms with E-state index in [1.165, 1.54) is 0 Å². The molecule has 1 aromatic carbocycles. The molecule has 0 spiro atoms. The van der Waals surface area contributed by atoms with E-state index in [0.717, 1.165) is 17.1 Å². The van der Waals surface area contributed by atoms with Crippen molar-refractivity contribution in [1.82, 2.24) is 0 Å². The third-order valence-corrected chi connectivity index (χ3v) is 2.44. The van der Waals surface area contributed by atoms with Crippen LogP contribution in [0.15, 0.2) is 18.2 Å². The van der Waals surface area contributed by atoms with Gasteiger partial charge in [0.2, 0.25) is 0 Å². The van der Waals surface area contributed by atoms with Crippen molar-refractivity contribution in [3.63, 3.8) is 0 Å². The molecule has 0 heterocycles. The number of hydrogen-bond acceptors (Lipinski definition) is 3. The summed E-state index contributed by atoms with van der Waals surface area (Å²) in [6.45, 7) is 2.67. The molecule has 0 N–H and O–H groups in total. The number of hydrogen-bond donors (Lipinski definition) is 0. The summed E-state index contributed by atoms with van der Waals surface area (Å²) in [6, 6.07) is 7.60. The molecule has 0 unspecified atom stereocenters. The Bertz CT molecular complexity index is 344. The second kappa shape index (κ2) is 5.56. The van der Waals surface area contributed by atoms with Crippen LogP contribution in [0, 0.1) is 18.3 Å². The summed E-state index contributed by atoms with van der Waals surface area (Å²) in [5.74, 6) is 1.79. The van der Waals surface area contributed by atoms with Gasteiger partial charge < -0.3 is 4.74 Å². The van der Waals surface area contributed by atoms with E-state index in [-0.39, 0.29) is 0 Å². The van der Waals surface area contributed by atoms with E-state index in [2.05, 4.69) is 6.07 Å². The average Bonchev–Trinajstić information content (AvgIpc) is 2.21. The molecule has 0 fully saturated rings. The van der Waals surface area contributed by atoms with Gasteiger partial charge in [-0.15, -0.1) is 0 Å². The summed E-state index contributed by atoms with van der Waals surface area (Å²) in [7, 11) is 0. The van der Waals surface area contributed by atoms with E-state index in [4.69, 9.17) is 10.00 Å². The Morgan fingerprint density at radius 3 is 2.93 bits per heavy atom. The first-order valence-corrected chi connectivity index (χ1v) is 5.80. The van der Waals surface area contributed by atoms with Crippen LogP contribution in [0.4, 0.5) is 0 Å². The summed E-state index contributed by atoms with van der Waals surface area (Å²) in [5, 5.41) is 8.71. The fraction of sp³-hybridized carbons (Fsp3) is 0.364. The second-order valence-corrected chi connectivity index (χ2v) is 3.92. The predicted molar refractivity (Wildman–Crippen MR) is 59.8 cm³/mol. The van der Waals surface area contributed by atoms with Gasteiger partial charge in [0, 0.05) is 5.75 Å². The number of rotatable bonds is 4. The lowest BCUT2D eigenvalue weighted by molar-refractivity contribution is 0.341. The standard InChI is InChI=1S/C11H13NOS/c1-9-3-4-10(8-12)7-11(9)13-5-6-14-2/h3-4,7H,5-6H2,1-2H3. The molecule has 1 aromatic rings. The average molecular weight is 207 g/mol. The summed E-state index contributed by atoms with van der Waals surface area (Å²) < 4.78 is 5.55. The SMILES string of the molecule is CSCCOc1cc(C#N)ccc1C. The van der Waals surface area contributed by atoms with Crippen LogP contribution in [-0.2, 0) is 0 Å². The van der Waals surface area contributed by atoms with Gasteiger partial charge in [-0.2, -0.15) is 17.0 Å². The Morgan fingerprint density at radius 1 is 1.50 bits per heavy atom. The maximum absolute atomic E-state index is 8.71. The molecule has 0 aliphatic carbocycles. The van der Waals surface area contributed by atoms with E-state index in [0.29, 0.717) is 12.2 Å². The van der Waals surface area contributed by atoms with Crippen LogP contribution >= 0.6 is 11.8 Å². The molecule has 0 amide bonds. The van der Waals surface area contributed by atoms with Crippen molar-refractivity contribution in [2.45, 2.75) is 6.92 Å². The Hall–Kier alpha value is -1.14. The molecule has 0 aromatic heterocycles. The zero-order valence-corrected chi connectivity index (χ0v) is 9.23. The fourth-order valence-electron chi connectivity index (χ4n) is 1.06. The van der Waals surface area contributed by atoms with Crippen LogP contribution in [0.2, 0.25) is 0 Å². The van der Waals surface area contributed by atoms with Gasteiger partial charge in [0.25, 0.3) is 0 Å². The first-order valence-electron chi connectivity index (χ1n) is 4.40. The zero-order chi connectivity index (χ0) is 10.4. The van der Waals surface area contributed by atoms with E-state index < -0.39 is 0 Å². The number of nitriles is 1. The smallest absolute Gasteiger partial charge is 0.123 e. The van der Waals surface area contributed by atoms with Crippen molar-refractivity contribution in [3.8, 4) is 11.8 Å². The molecule has 74 valence electrons. The largest absolute Gasteiger partial charge is 0.492 e. The zero-order valence-electron chi connectivity index (χ0n) is 8.41. The maximum atomic E-state index is 8.71. The normalized spacial score (nSPS) is 9.50. The summed E-state index contributed by atoms with van der Waals surface area (Å²) >= 11 is 1.75. The van der Waals surface area contributed by atoms with Gasteiger partial charge in [-0.25, -0.2) is 0 Å². The highest BCUT2D eigenvalue weighted by molar-refractivity contribution is 7.98. The first kappa shape index (κ1) is 10.9. The third kappa shape index (κ3) is 2.97. The predicted octanol–water partition coefficient (Wildman–Crippen LogP) is 2.61. The van der Waals surface area contributed by atoms with Crippen molar-refractivity contribution in [2.24, 2.45) is 0 Å². The first-order chi connectivity index (χ1) is 6.77. The lowest BCUT2D eigenvalue weighted by Crippen LogP contribution is -2.01. The molecular formula is C11H13NOS. The quantitative estimate of drug-likeness (QED) is 0.711. The third-order valence-electron chi connectivity index (χ3n) is 1.86. The summed E-state index contributed by atoms with van der Waals surface area (Å²) in [4.78, 5) is 0. The molecular weight excluding hydrogens is 194 g/mol. The van der Waals surface area contributed by atoms with Gasteiger partial charge in [-0.3, -0.25) is 0 Å². The van der Waals surface area contributed by atoms with E-state index in [9.17, 15) is 0 Å². The van der Waals surface area contributed by atoms with Crippen molar-refractivity contribution in [2.75, 3.05) is 18.6 Å². The lowest BCUT2D eigenvalue weighted by Gasteiger charge is -2.08. The molecule has 0 aliphatic rings. The Kier molecular flexibility index (Phi) is 4.34. The number of benzene rings is 1. The van der Waals surface area contributed by atoms with Gasteiger partial charge >= 0.3 is 0 Å². The second-order valence-electron chi connectivity index (χ2n) is 2.93. The molecule has 0 aliphatic heterocycles. The van der Waals surface area contributed by atoms with Crippen LogP contribution in [0.25, 0.3) is 0 Å². The highest BCUT2D eigenvalue weighted by atomic mass is 32.2. The monoisotopic (exact) mass is 207 g/mol. The highest BCUT2D eigenvalue weighted by Gasteiger charge is 2.00. The lowest BCUT2D eigenvalue weighted by atomic mass is 10.1. The Morgan fingerprint density at radius 2 is 2.29 bits per heavy atom. The topological polar surface area (TPSA) is 33.0 Å². The number of aryl methyl sites for hydroxylation is 1. The number of thioether (sulfide) groups is 1. The number of nitrogens with zero attached hydrogens (tertiary/aromatic N) is 1. The van der Waals surface area contributed by atoms with Crippen LogP contribution in [0.5, 0.6) is 5.75 Å². The molecule has 0 atom stereocenters. The van der Waals surface area contributed by atoms with Crippen molar-refractivity contribution >= 4 is 11.8 Å². The van der Waals surface area contributed by atoms with Gasteiger partial charge in [-0.05, 0) is 30.9 Å². The molecule has 3 heteroatoms. The fourth-order valence-corrected chi connectivity index (χ4v) is 1.31. The van der Waals surface area contributed by atoms with Gasteiger partial charge in [0.05, 0.1) is 18.2 Å². The molecule has 1 rings (SSSR count). The van der Waals surface area contributed by atoms with Crippen molar-refractivity contribution < 1.29 is 4.74 Å². The minimum Gasteiger partial charge on any atom is -0.492 e. The molecule has 0 bridgehead atoms. The number of ether oxygens (including phenoxy) is 1. The minimum atomic E-state index is 0.648. The molecule has 2 nitrogen and oxygen atoms in total. The minimum absolute atomic E-state index is 0.648. The van der Waals surface area contributed by atoms with E-state index in [1.54, 1.807) is 23.9 Å². The summed E-state index contributed by atoms with van der Waals surface area (Å²) in [5.41, 5.74) is 1.72. The van der Waals surface area contributed by atoms with Gasteiger partial charge in [0.1, 0.15) is 5.75 Å². The molecule has 0 saturated carbocycles. The van der Waals surface area contributed by atoms with Crippen molar-refractivity contribution in [1.29, 1.82) is 5.26 Å². The molecule has 0 saturated heterocycles. The summed E-state index contributed by atoms with van der Waals surface area (Å²) in [6.07, 6.45) is 2.04. The Labute approximate surface area is 88.9 Å². The Balaban J connectivity index is 2.70. The van der Waals surface area contributed by atoms with Crippen LogP contribution < -0.4 is 4.74 Å². The van der Waals surface area contributed by atoms with Gasteiger partial charge in [0.15, 0.2) is 0 Å². The van der Waals surface area contributed by atoms with Crippen LogP contribution in [0.3, 0.4) is 0 Å². The van der Waals surface area contributed by atoms with E-state index in [1.807, 2.05) is 19.2 Å². The van der Waals surface area contributed by atoms with Gasteiger partial charge in [-0.1, -0.05) is 6.07 Å². The van der Waals surface area contributed by atoms with E-state index >= 15 is 0 Å². The van der Waals surface area contributed by atoms with Crippen LogP contribution in [0.1, 0.15) is 11.1 Å². The van der Waals surface area contributed by atoms with Crippen LogP contribution in [-0.4, -0.2) is 18.6 Å². The molecule has 14 heavy (non-hydrogen) atoms.